The number of anilines is 1. The van der Waals surface area contributed by atoms with Crippen molar-refractivity contribution in [3.8, 4) is 0 Å². The zero-order valence-electron chi connectivity index (χ0n) is 10.7. The molecule has 0 atom stereocenters. The number of rotatable bonds is 1. The van der Waals surface area contributed by atoms with Gasteiger partial charge < -0.3 is 4.90 Å². The highest BCUT2D eigenvalue weighted by Gasteiger charge is 2.14. The first kappa shape index (κ1) is 13.2. The van der Waals surface area contributed by atoms with Gasteiger partial charge in [-0.25, -0.2) is 0 Å². The first-order valence-electron chi connectivity index (χ1n) is 6.46. The molecule has 0 saturated carbocycles. The lowest BCUT2D eigenvalue weighted by molar-refractivity contribution is 0.576. The fourth-order valence-corrected chi connectivity index (χ4v) is 2.66. The molecule has 18 heavy (non-hydrogen) atoms. The van der Waals surface area contributed by atoms with Gasteiger partial charge in [0.15, 0.2) is 0 Å². The first-order chi connectivity index (χ1) is 8.34. The van der Waals surface area contributed by atoms with Gasteiger partial charge in [-0.3, -0.25) is 4.98 Å². The summed E-state index contributed by atoms with van der Waals surface area (Å²) in [6.45, 7) is 4.48. The van der Waals surface area contributed by atoms with Crippen molar-refractivity contribution in [2.75, 3.05) is 18.0 Å². The van der Waals surface area contributed by atoms with Gasteiger partial charge in [0.25, 0.3) is 0 Å². The standard InChI is InChI=1S/C15H18N2.ClH/c1-12-15(17-9-5-2-6-10-17)11-13-7-3-4-8-14(13)16-12;/h3-4,7-8,11H,2,5-6,9-10H2,1H3;1H. The van der Waals surface area contributed by atoms with E-state index in [1.54, 1.807) is 0 Å². The zero-order chi connectivity index (χ0) is 11.7. The molecule has 1 aliphatic heterocycles. The van der Waals surface area contributed by atoms with Gasteiger partial charge in [-0.2, -0.15) is 0 Å². The van der Waals surface area contributed by atoms with E-state index in [1.807, 2.05) is 0 Å². The number of aryl methyl sites for hydroxylation is 1. The number of benzene rings is 1. The van der Waals surface area contributed by atoms with Crippen LogP contribution in [0.5, 0.6) is 0 Å². The summed E-state index contributed by atoms with van der Waals surface area (Å²) in [6, 6.07) is 10.7. The third kappa shape index (κ3) is 2.44. The van der Waals surface area contributed by atoms with Gasteiger partial charge in [0.2, 0.25) is 0 Å². The van der Waals surface area contributed by atoms with Gasteiger partial charge in [0.1, 0.15) is 0 Å². The summed E-state index contributed by atoms with van der Waals surface area (Å²) in [5.74, 6) is 0. The summed E-state index contributed by atoms with van der Waals surface area (Å²) >= 11 is 0. The number of halogens is 1. The van der Waals surface area contributed by atoms with Crippen LogP contribution in [-0.2, 0) is 0 Å². The molecule has 3 heteroatoms. The van der Waals surface area contributed by atoms with Gasteiger partial charge in [-0.1, -0.05) is 18.2 Å². The highest BCUT2D eigenvalue weighted by Crippen LogP contribution is 2.26. The van der Waals surface area contributed by atoms with Crippen LogP contribution in [0.15, 0.2) is 30.3 Å². The van der Waals surface area contributed by atoms with Crippen molar-refractivity contribution in [1.29, 1.82) is 0 Å². The molecule has 3 rings (SSSR count). The Morgan fingerprint density at radius 2 is 1.78 bits per heavy atom. The Balaban J connectivity index is 0.00000120. The molecule has 96 valence electrons. The van der Waals surface area contributed by atoms with E-state index in [-0.39, 0.29) is 12.4 Å². The highest BCUT2D eigenvalue weighted by molar-refractivity contribution is 5.85. The van der Waals surface area contributed by atoms with Crippen LogP contribution in [0.25, 0.3) is 10.9 Å². The summed E-state index contributed by atoms with van der Waals surface area (Å²) in [5.41, 5.74) is 3.58. The van der Waals surface area contributed by atoms with Gasteiger partial charge in [0, 0.05) is 18.5 Å². The Morgan fingerprint density at radius 3 is 2.56 bits per heavy atom. The number of hydrogen-bond donors (Lipinski definition) is 0. The fourth-order valence-electron chi connectivity index (χ4n) is 2.66. The smallest absolute Gasteiger partial charge is 0.0706 e. The summed E-state index contributed by atoms with van der Waals surface area (Å²) in [5, 5.41) is 1.25. The van der Waals surface area contributed by atoms with E-state index in [4.69, 9.17) is 4.98 Å². The van der Waals surface area contributed by atoms with Crippen LogP contribution in [-0.4, -0.2) is 18.1 Å². The molecule has 1 aromatic carbocycles. The Morgan fingerprint density at radius 1 is 1.06 bits per heavy atom. The number of hydrogen-bond acceptors (Lipinski definition) is 2. The topological polar surface area (TPSA) is 16.1 Å². The van der Waals surface area contributed by atoms with Crippen LogP contribution in [0, 0.1) is 6.92 Å². The lowest BCUT2D eigenvalue weighted by Crippen LogP contribution is -2.30. The molecule has 1 aliphatic rings. The van der Waals surface area contributed by atoms with Crippen molar-refractivity contribution >= 4 is 29.0 Å². The molecule has 1 fully saturated rings. The Bertz CT molecular complexity index is 533. The third-order valence-electron chi connectivity index (χ3n) is 3.58. The average Bonchev–Trinajstić information content (AvgIpc) is 2.39. The van der Waals surface area contributed by atoms with Gasteiger partial charge in [-0.15, -0.1) is 12.4 Å². The number of aromatic nitrogens is 1. The fraction of sp³-hybridized carbons (Fsp3) is 0.400. The lowest BCUT2D eigenvalue weighted by Gasteiger charge is -2.29. The number of nitrogens with zero attached hydrogens (tertiary/aromatic N) is 2. The SMILES string of the molecule is Cc1nc2ccccc2cc1N1CCCCC1.Cl. The largest absolute Gasteiger partial charge is 0.370 e. The molecule has 1 saturated heterocycles. The predicted molar refractivity (Wildman–Crippen MR) is 79.8 cm³/mol. The van der Waals surface area contributed by atoms with Gasteiger partial charge in [0.05, 0.1) is 16.9 Å². The second kappa shape index (κ2) is 5.57. The minimum atomic E-state index is 0. The van der Waals surface area contributed by atoms with E-state index in [0.717, 1.165) is 11.2 Å². The molecule has 0 unspecified atom stereocenters. The Hall–Kier alpha value is -1.28. The molecule has 0 N–H and O–H groups in total. The molecular weight excluding hydrogens is 244 g/mol. The van der Waals surface area contributed by atoms with Crippen LogP contribution >= 0.6 is 12.4 Å². The molecule has 2 nitrogen and oxygen atoms in total. The van der Waals surface area contributed by atoms with Crippen molar-refractivity contribution in [2.45, 2.75) is 26.2 Å². The molecule has 0 spiro atoms. The van der Waals surface area contributed by atoms with Crippen LogP contribution in [0.1, 0.15) is 25.0 Å². The van der Waals surface area contributed by atoms with E-state index in [1.165, 1.54) is 43.4 Å². The van der Waals surface area contributed by atoms with Crippen molar-refractivity contribution in [2.24, 2.45) is 0 Å². The minimum Gasteiger partial charge on any atom is -0.370 e. The maximum Gasteiger partial charge on any atom is 0.0706 e. The number of pyridine rings is 1. The van der Waals surface area contributed by atoms with E-state index < -0.39 is 0 Å². The average molecular weight is 263 g/mol. The Kier molecular flexibility index (Phi) is 4.07. The number of piperidine rings is 1. The number of fused-ring (bicyclic) bond motifs is 1. The minimum absolute atomic E-state index is 0. The second-order valence-corrected chi connectivity index (χ2v) is 4.83. The first-order valence-corrected chi connectivity index (χ1v) is 6.46. The quantitative estimate of drug-likeness (QED) is 0.774. The third-order valence-corrected chi connectivity index (χ3v) is 3.58. The molecule has 0 radical (unpaired) electrons. The van der Waals surface area contributed by atoms with Crippen LogP contribution in [0.3, 0.4) is 0 Å². The summed E-state index contributed by atoms with van der Waals surface area (Å²) < 4.78 is 0. The molecular formula is C15H19ClN2. The predicted octanol–water partition coefficient (Wildman–Crippen LogP) is 3.96. The highest BCUT2D eigenvalue weighted by atomic mass is 35.5. The van der Waals surface area contributed by atoms with Crippen LogP contribution in [0.4, 0.5) is 5.69 Å². The molecule has 1 aromatic heterocycles. The second-order valence-electron chi connectivity index (χ2n) is 4.83. The molecule has 0 amide bonds. The molecule has 2 aromatic rings. The molecule has 2 heterocycles. The Labute approximate surface area is 114 Å². The summed E-state index contributed by atoms with van der Waals surface area (Å²) in [4.78, 5) is 7.19. The van der Waals surface area contributed by atoms with E-state index in [9.17, 15) is 0 Å². The lowest BCUT2D eigenvalue weighted by atomic mass is 10.1. The van der Waals surface area contributed by atoms with E-state index in [2.05, 4.69) is 42.2 Å². The zero-order valence-corrected chi connectivity index (χ0v) is 11.5. The summed E-state index contributed by atoms with van der Waals surface area (Å²) in [6.07, 6.45) is 4.00. The van der Waals surface area contributed by atoms with Crippen molar-refractivity contribution in [3.05, 3.63) is 36.0 Å². The van der Waals surface area contributed by atoms with Crippen molar-refractivity contribution in [1.82, 2.24) is 4.98 Å². The molecule has 0 aliphatic carbocycles. The van der Waals surface area contributed by atoms with E-state index in [0.29, 0.717) is 0 Å². The molecule has 0 bridgehead atoms. The van der Waals surface area contributed by atoms with Gasteiger partial charge >= 0.3 is 0 Å². The summed E-state index contributed by atoms with van der Waals surface area (Å²) in [7, 11) is 0. The maximum absolute atomic E-state index is 4.71. The van der Waals surface area contributed by atoms with Crippen LogP contribution in [0.2, 0.25) is 0 Å². The maximum atomic E-state index is 4.71. The van der Waals surface area contributed by atoms with Gasteiger partial charge in [-0.05, 0) is 38.3 Å². The van der Waals surface area contributed by atoms with Crippen LogP contribution < -0.4 is 4.90 Å². The monoisotopic (exact) mass is 262 g/mol. The number of para-hydroxylation sites is 1. The van der Waals surface area contributed by atoms with E-state index >= 15 is 0 Å². The normalized spacial score (nSPS) is 15.5. The van der Waals surface area contributed by atoms with Crippen molar-refractivity contribution in [3.63, 3.8) is 0 Å². The van der Waals surface area contributed by atoms with Crippen molar-refractivity contribution < 1.29 is 0 Å².